The van der Waals surface area contributed by atoms with E-state index in [4.69, 9.17) is 14.5 Å². The van der Waals surface area contributed by atoms with Gasteiger partial charge in [0.2, 0.25) is 0 Å². The molecule has 0 saturated carbocycles. The number of nitrogens with one attached hydrogen (secondary N) is 2. The molecule has 0 amide bonds. The van der Waals surface area contributed by atoms with Crippen LogP contribution >= 0.6 is 11.3 Å². The van der Waals surface area contributed by atoms with Crippen molar-refractivity contribution in [2.75, 3.05) is 72.2 Å². The van der Waals surface area contributed by atoms with Gasteiger partial charge < -0.3 is 20.1 Å². The molecule has 158 valence electrons. The molecule has 0 aliphatic carbocycles. The van der Waals surface area contributed by atoms with Crippen molar-refractivity contribution in [3.05, 3.63) is 22.4 Å². The summed E-state index contributed by atoms with van der Waals surface area (Å²) in [6, 6.07) is 4.66. The van der Waals surface area contributed by atoms with Gasteiger partial charge in [0.25, 0.3) is 0 Å². The number of hydrogen-bond donors (Lipinski definition) is 2. The zero-order chi connectivity index (χ0) is 19.6. The fraction of sp³-hybridized carbons (Fsp3) is 0.750. The van der Waals surface area contributed by atoms with Crippen LogP contribution in [0.2, 0.25) is 0 Å². The Morgan fingerprint density at radius 1 is 1.29 bits per heavy atom. The Morgan fingerprint density at radius 2 is 2.14 bits per heavy atom. The Kier molecular flexibility index (Phi) is 9.01. The Bertz CT molecular complexity index is 577. The van der Waals surface area contributed by atoms with Crippen LogP contribution in [0.3, 0.4) is 0 Å². The molecule has 3 rings (SSSR count). The first-order valence-corrected chi connectivity index (χ1v) is 11.4. The smallest absolute Gasteiger partial charge is 0.191 e. The van der Waals surface area contributed by atoms with Gasteiger partial charge in [-0.05, 0) is 25.3 Å². The van der Waals surface area contributed by atoms with E-state index >= 15 is 0 Å². The van der Waals surface area contributed by atoms with E-state index in [0.29, 0.717) is 6.04 Å². The van der Waals surface area contributed by atoms with Crippen molar-refractivity contribution in [2.24, 2.45) is 4.99 Å². The lowest BCUT2D eigenvalue weighted by Gasteiger charge is -2.36. The summed E-state index contributed by atoms with van der Waals surface area (Å²) in [6.07, 6.45) is 0.278. The fourth-order valence-corrected chi connectivity index (χ4v) is 4.52. The minimum absolute atomic E-state index is 0.278. The van der Waals surface area contributed by atoms with E-state index < -0.39 is 0 Å². The van der Waals surface area contributed by atoms with Crippen molar-refractivity contribution in [1.29, 1.82) is 0 Å². The monoisotopic (exact) mass is 409 g/mol. The first-order valence-electron chi connectivity index (χ1n) is 10.5. The summed E-state index contributed by atoms with van der Waals surface area (Å²) in [5.41, 5.74) is 0. The molecule has 2 saturated heterocycles. The number of morpholine rings is 2. The van der Waals surface area contributed by atoms with Gasteiger partial charge in [-0.1, -0.05) is 6.07 Å². The van der Waals surface area contributed by atoms with Crippen LogP contribution in [0.15, 0.2) is 22.5 Å². The lowest BCUT2D eigenvalue weighted by molar-refractivity contribution is -0.0327. The molecule has 2 fully saturated rings. The average molecular weight is 410 g/mol. The van der Waals surface area contributed by atoms with Crippen molar-refractivity contribution >= 4 is 17.3 Å². The number of ether oxygens (including phenoxy) is 2. The minimum atomic E-state index is 0.278. The third-order valence-electron chi connectivity index (χ3n) is 5.18. The highest BCUT2D eigenvalue weighted by Gasteiger charge is 2.26. The summed E-state index contributed by atoms with van der Waals surface area (Å²) in [5, 5.41) is 9.04. The topological polar surface area (TPSA) is 61.4 Å². The zero-order valence-corrected chi connectivity index (χ0v) is 18.0. The van der Waals surface area contributed by atoms with E-state index in [1.807, 2.05) is 11.3 Å². The first kappa shape index (κ1) is 21.5. The van der Waals surface area contributed by atoms with E-state index in [9.17, 15) is 0 Å². The number of nitrogens with zero attached hydrogens (tertiary/aromatic N) is 3. The predicted octanol–water partition coefficient (Wildman–Crippen LogP) is 1.40. The van der Waals surface area contributed by atoms with Crippen LogP contribution in [-0.2, 0) is 9.47 Å². The average Bonchev–Trinajstić information content (AvgIpc) is 3.23. The SMILES string of the molecule is CCNC(=NCC(c1cccs1)N1CCOC(C)C1)NCCN1CCOCC1. The molecule has 2 aliphatic heterocycles. The van der Waals surface area contributed by atoms with Crippen LogP contribution in [0.4, 0.5) is 0 Å². The number of aliphatic imine (C=N–C) groups is 1. The van der Waals surface area contributed by atoms with Gasteiger partial charge in [0.05, 0.1) is 38.5 Å². The highest BCUT2D eigenvalue weighted by Crippen LogP contribution is 2.27. The molecule has 0 spiro atoms. The molecule has 1 aromatic heterocycles. The summed E-state index contributed by atoms with van der Waals surface area (Å²) in [4.78, 5) is 11.3. The van der Waals surface area contributed by atoms with Gasteiger partial charge in [-0.15, -0.1) is 11.3 Å². The lowest BCUT2D eigenvalue weighted by Crippen LogP contribution is -2.45. The minimum Gasteiger partial charge on any atom is -0.379 e. The molecular weight excluding hydrogens is 374 g/mol. The highest BCUT2D eigenvalue weighted by atomic mass is 32.1. The van der Waals surface area contributed by atoms with Crippen LogP contribution in [-0.4, -0.2) is 94.0 Å². The van der Waals surface area contributed by atoms with Crippen molar-refractivity contribution < 1.29 is 9.47 Å². The maximum Gasteiger partial charge on any atom is 0.191 e. The second-order valence-electron chi connectivity index (χ2n) is 7.31. The lowest BCUT2D eigenvalue weighted by atomic mass is 10.1. The van der Waals surface area contributed by atoms with Crippen molar-refractivity contribution in [2.45, 2.75) is 26.0 Å². The molecular formula is C20H35N5O2S. The van der Waals surface area contributed by atoms with Gasteiger partial charge in [-0.2, -0.15) is 0 Å². The van der Waals surface area contributed by atoms with Crippen LogP contribution in [0.5, 0.6) is 0 Å². The van der Waals surface area contributed by atoms with Crippen molar-refractivity contribution in [3.63, 3.8) is 0 Å². The molecule has 2 unspecified atom stereocenters. The summed E-state index contributed by atoms with van der Waals surface area (Å²) in [5.74, 6) is 0.902. The Labute approximate surface area is 173 Å². The Hall–Kier alpha value is -1.19. The van der Waals surface area contributed by atoms with E-state index in [2.05, 4.69) is 51.8 Å². The van der Waals surface area contributed by atoms with Gasteiger partial charge in [-0.3, -0.25) is 14.8 Å². The molecule has 1 aromatic rings. The molecule has 7 nitrogen and oxygen atoms in total. The largest absolute Gasteiger partial charge is 0.379 e. The molecule has 2 aliphatic rings. The maximum absolute atomic E-state index is 5.74. The van der Waals surface area contributed by atoms with Gasteiger partial charge >= 0.3 is 0 Å². The maximum atomic E-state index is 5.74. The zero-order valence-electron chi connectivity index (χ0n) is 17.2. The first-order chi connectivity index (χ1) is 13.8. The van der Waals surface area contributed by atoms with Crippen molar-refractivity contribution in [1.82, 2.24) is 20.4 Å². The van der Waals surface area contributed by atoms with Gasteiger partial charge in [0, 0.05) is 50.7 Å². The summed E-state index contributed by atoms with van der Waals surface area (Å²) < 4.78 is 11.2. The molecule has 0 radical (unpaired) electrons. The van der Waals surface area contributed by atoms with Gasteiger partial charge in [0.15, 0.2) is 5.96 Å². The Balaban J connectivity index is 1.57. The normalized spacial score (nSPS) is 23.5. The summed E-state index contributed by atoms with van der Waals surface area (Å²) >= 11 is 1.82. The number of hydrogen-bond acceptors (Lipinski definition) is 6. The third kappa shape index (κ3) is 6.70. The molecule has 2 N–H and O–H groups in total. The van der Waals surface area contributed by atoms with E-state index in [-0.39, 0.29) is 6.10 Å². The third-order valence-corrected chi connectivity index (χ3v) is 6.15. The summed E-state index contributed by atoms with van der Waals surface area (Å²) in [6.45, 7) is 14.2. The highest BCUT2D eigenvalue weighted by molar-refractivity contribution is 7.10. The molecule has 0 bridgehead atoms. The predicted molar refractivity (Wildman–Crippen MR) is 115 cm³/mol. The van der Waals surface area contributed by atoms with Crippen LogP contribution in [0, 0.1) is 0 Å². The van der Waals surface area contributed by atoms with Gasteiger partial charge in [-0.25, -0.2) is 0 Å². The van der Waals surface area contributed by atoms with Crippen LogP contribution in [0.1, 0.15) is 24.8 Å². The van der Waals surface area contributed by atoms with Crippen LogP contribution in [0.25, 0.3) is 0 Å². The van der Waals surface area contributed by atoms with E-state index in [1.165, 1.54) is 4.88 Å². The molecule has 2 atom stereocenters. The quantitative estimate of drug-likeness (QED) is 0.500. The second kappa shape index (κ2) is 11.7. The standard InChI is InChI=1S/C20H35N5O2S/c1-3-21-20(22-6-7-24-8-11-26-12-9-24)23-15-18(19-5-4-14-28-19)25-10-13-27-17(2)16-25/h4-5,14,17-18H,3,6-13,15-16H2,1-2H3,(H2,21,22,23). The van der Waals surface area contributed by atoms with E-state index in [0.717, 1.165) is 78.1 Å². The van der Waals surface area contributed by atoms with E-state index in [1.54, 1.807) is 0 Å². The number of thiophene rings is 1. The fourth-order valence-electron chi connectivity index (χ4n) is 3.67. The van der Waals surface area contributed by atoms with Crippen molar-refractivity contribution in [3.8, 4) is 0 Å². The Morgan fingerprint density at radius 3 is 2.86 bits per heavy atom. The second-order valence-corrected chi connectivity index (χ2v) is 8.29. The number of rotatable bonds is 8. The van der Waals surface area contributed by atoms with Gasteiger partial charge in [0.1, 0.15) is 0 Å². The molecule has 0 aromatic carbocycles. The molecule has 8 heteroatoms. The van der Waals surface area contributed by atoms with Crippen LogP contribution < -0.4 is 10.6 Å². The molecule has 28 heavy (non-hydrogen) atoms. The molecule has 3 heterocycles. The number of guanidine groups is 1. The summed E-state index contributed by atoms with van der Waals surface area (Å²) in [7, 11) is 0.